The molecule has 2 aromatic rings. The number of benzene rings is 2. The number of rotatable bonds is 1. The van der Waals surface area contributed by atoms with E-state index in [1.54, 1.807) is 36.8 Å². The van der Waals surface area contributed by atoms with Gasteiger partial charge in [-0.25, -0.2) is 9.79 Å². The van der Waals surface area contributed by atoms with E-state index in [-0.39, 0.29) is 12.1 Å². The van der Waals surface area contributed by atoms with Crippen molar-refractivity contribution in [2.45, 2.75) is 12.8 Å². The monoisotopic (exact) mass is 332 g/mol. The van der Waals surface area contributed by atoms with Crippen LogP contribution in [0.15, 0.2) is 68.5 Å². The summed E-state index contributed by atoms with van der Waals surface area (Å²) in [5.41, 5.74) is 2.53. The van der Waals surface area contributed by atoms with Gasteiger partial charge in [0, 0.05) is 31.5 Å². The van der Waals surface area contributed by atoms with E-state index < -0.39 is 5.97 Å². The number of hydrogen-bond acceptors (Lipinski definition) is 5. The number of aliphatic imine (C=N–C) groups is 4. The number of hydrogen-bond donors (Lipinski definition) is 1. The topological polar surface area (TPSA) is 86.7 Å². The minimum absolute atomic E-state index is 0.00411. The summed E-state index contributed by atoms with van der Waals surface area (Å²) in [6.07, 6.45) is 5.67. The summed E-state index contributed by atoms with van der Waals surface area (Å²) in [6.45, 7) is 0. The van der Waals surface area contributed by atoms with Crippen LogP contribution < -0.4 is 0 Å². The summed E-state index contributed by atoms with van der Waals surface area (Å²) in [5, 5.41) is 9.41. The van der Waals surface area contributed by atoms with Crippen LogP contribution >= 0.6 is 0 Å². The fourth-order valence-corrected chi connectivity index (χ4v) is 2.26. The lowest BCUT2D eigenvalue weighted by molar-refractivity contribution is -0.129. The molecule has 0 fully saturated rings. The van der Waals surface area contributed by atoms with E-state index in [9.17, 15) is 9.90 Å². The summed E-state index contributed by atoms with van der Waals surface area (Å²) in [6, 6.07) is 14.6. The van der Waals surface area contributed by atoms with Gasteiger partial charge in [-0.05, 0) is 24.3 Å². The highest BCUT2D eigenvalue weighted by molar-refractivity contribution is 6.38. The largest absolute Gasteiger partial charge is 0.477 e. The first-order chi connectivity index (χ1) is 12.2. The summed E-state index contributed by atoms with van der Waals surface area (Å²) in [5.74, 6) is -1.08. The van der Waals surface area contributed by atoms with Crippen molar-refractivity contribution < 1.29 is 9.90 Å². The third-order valence-electron chi connectivity index (χ3n) is 3.45. The van der Waals surface area contributed by atoms with Gasteiger partial charge < -0.3 is 5.11 Å². The van der Waals surface area contributed by atoms with E-state index in [1.165, 1.54) is 0 Å². The molecule has 0 spiro atoms. The number of carbonyl (C=O) groups is 1. The molecule has 2 aromatic carbocycles. The lowest BCUT2D eigenvalue weighted by Crippen LogP contribution is -2.13. The lowest BCUT2D eigenvalue weighted by atomic mass is 10.2. The molecule has 1 heterocycles. The Balaban J connectivity index is 2.04. The van der Waals surface area contributed by atoms with Gasteiger partial charge in [-0.2, -0.15) is 0 Å². The number of nitrogens with zero attached hydrogens (tertiary/aromatic N) is 4. The summed E-state index contributed by atoms with van der Waals surface area (Å²) >= 11 is 0. The molecule has 0 atom stereocenters. The number of fused-ring (bicyclic) bond motifs is 2. The molecule has 6 heteroatoms. The maximum Gasteiger partial charge on any atom is 0.350 e. The van der Waals surface area contributed by atoms with Gasteiger partial charge in [-0.15, -0.1) is 0 Å². The SMILES string of the molecule is O=C(O)C1=Nc2ccccc2N=CCC=Nc2ccccc2N=CC1. The van der Waals surface area contributed by atoms with Gasteiger partial charge in [-0.3, -0.25) is 15.0 Å². The van der Waals surface area contributed by atoms with Crippen molar-refractivity contribution in [3.8, 4) is 0 Å². The van der Waals surface area contributed by atoms with Gasteiger partial charge in [0.1, 0.15) is 5.71 Å². The average Bonchev–Trinajstić information content (AvgIpc) is 2.62. The predicted octanol–water partition coefficient (Wildman–Crippen LogP) is 4.44. The van der Waals surface area contributed by atoms with Crippen LogP contribution in [0.2, 0.25) is 0 Å². The third kappa shape index (κ3) is 4.32. The van der Waals surface area contributed by atoms with E-state index in [0.29, 0.717) is 23.5 Å². The van der Waals surface area contributed by atoms with Crippen LogP contribution in [-0.2, 0) is 4.79 Å². The molecule has 0 saturated carbocycles. The Bertz CT molecular complexity index is 898. The van der Waals surface area contributed by atoms with E-state index in [1.807, 2.05) is 30.3 Å². The molecule has 0 aliphatic carbocycles. The molecule has 0 saturated heterocycles. The zero-order valence-corrected chi connectivity index (χ0v) is 13.4. The standard InChI is InChI=1S/C19H16N4O2/c24-19(25)18-10-13-22-15-7-2-1-6-14(15)20-11-5-12-21-16-8-3-4-9-17(16)23-18/h1-4,6-9,11-13H,5,10H2,(H,24,25). The fourth-order valence-electron chi connectivity index (χ4n) is 2.26. The van der Waals surface area contributed by atoms with Gasteiger partial charge in [0.25, 0.3) is 0 Å². The highest BCUT2D eigenvalue weighted by Crippen LogP contribution is 2.29. The summed E-state index contributed by atoms with van der Waals surface area (Å²) in [4.78, 5) is 28.9. The first-order valence-corrected chi connectivity index (χ1v) is 7.80. The first kappa shape index (κ1) is 16.4. The zero-order chi connectivity index (χ0) is 17.5. The summed E-state index contributed by atoms with van der Waals surface area (Å²) in [7, 11) is 0. The second-order valence-electron chi connectivity index (χ2n) is 5.22. The molecule has 0 aromatic heterocycles. The van der Waals surface area contributed by atoms with E-state index >= 15 is 0 Å². The van der Waals surface area contributed by atoms with Crippen molar-refractivity contribution in [2.24, 2.45) is 20.0 Å². The van der Waals surface area contributed by atoms with Crippen molar-refractivity contribution in [3.05, 3.63) is 48.5 Å². The van der Waals surface area contributed by atoms with Gasteiger partial charge in [0.2, 0.25) is 0 Å². The number of aliphatic carboxylic acids is 1. The van der Waals surface area contributed by atoms with Gasteiger partial charge >= 0.3 is 5.97 Å². The molecule has 1 aliphatic rings. The molecule has 1 N–H and O–H groups in total. The Labute approximate surface area is 145 Å². The van der Waals surface area contributed by atoms with Crippen molar-refractivity contribution in [2.75, 3.05) is 0 Å². The van der Waals surface area contributed by atoms with E-state index in [4.69, 9.17) is 0 Å². The van der Waals surface area contributed by atoms with Crippen LogP contribution in [0.5, 0.6) is 0 Å². The zero-order valence-electron chi connectivity index (χ0n) is 13.4. The van der Waals surface area contributed by atoms with Crippen molar-refractivity contribution in [1.29, 1.82) is 0 Å². The molecule has 6 nitrogen and oxygen atoms in total. The molecular formula is C19H16N4O2. The molecule has 0 bridgehead atoms. The maximum atomic E-state index is 11.5. The molecule has 3 rings (SSSR count). The van der Waals surface area contributed by atoms with Crippen molar-refractivity contribution in [1.82, 2.24) is 0 Å². The average molecular weight is 332 g/mol. The minimum atomic E-state index is -1.08. The molecule has 0 amide bonds. The van der Waals surface area contributed by atoms with Crippen molar-refractivity contribution in [3.63, 3.8) is 0 Å². The fraction of sp³-hybridized carbons (Fsp3) is 0.105. The Morgan fingerprint density at radius 2 is 1.24 bits per heavy atom. The van der Waals surface area contributed by atoms with Crippen LogP contribution in [-0.4, -0.2) is 35.4 Å². The number of para-hydroxylation sites is 4. The van der Waals surface area contributed by atoms with Gasteiger partial charge in [0.05, 0.1) is 22.7 Å². The van der Waals surface area contributed by atoms with Crippen LogP contribution in [0.1, 0.15) is 12.8 Å². The molecule has 25 heavy (non-hydrogen) atoms. The van der Waals surface area contributed by atoms with Crippen LogP contribution in [0.3, 0.4) is 0 Å². The van der Waals surface area contributed by atoms with Crippen LogP contribution in [0.4, 0.5) is 22.7 Å². The minimum Gasteiger partial charge on any atom is -0.477 e. The van der Waals surface area contributed by atoms with Gasteiger partial charge in [-0.1, -0.05) is 24.3 Å². The highest BCUT2D eigenvalue weighted by Gasteiger charge is 2.10. The molecule has 1 aliphatic heterocycles. The Kier molecular flexibility index (Phi) is 5.21. The number of carboxylic acid groups (broad SMARTS) is 1. The molecule has 124 valence electrons. The van der Waals surface area contributed by atoms with Crippen LogP contribution in [0.25, 0.3) is 0 Å². The first-order valence-electron chi connectivity index (χ1n) is 7.80. The Morgan fingerprint density at radius 3 is 1.80 bits per heavy atom. The second-order valence-corrected chi connectivity index (χ2v) is 5.22. The summed E-state index contributed by atoms with van der Waals surface area (Å²) < 4.78 is 0. The quantitative estimate of drug-likeness (QED) is 0.836. The second kappa shape index (κ2) is 7.92. The highest BCUT2D eigenvalue weighted by atomic mass is 16.4. The normalized spacial score (nSPS) is 14.2. The number of carboxylic acids is 1. The Morgan fingerprint density at radius 1 is 0.760 bits per heavy atom. The van der Waals surface area contributed by atoms with E-state index in [0.717, 1.165) is 5.69 Å². The van der Waals surface area contributed by atoms with E-state index in [2.05, 4.69) is 20.0 Å². The lowest BCUT2D eigenvalue weighted by Gasteiger charge is -2.03. The Hall–Kier alpha value is -3.41. The predicted molar refractivity (Wildman–Crippen MR) is 101 cm³/mol. The third-order valence-corrected chi connectivity index (χ3v) is 3.45. The van der Waals surface area contributed by atoms with Gasteiger partial charge in [0.15, 0.2) is 0 Å². The van der Waals surface area contributed by atoms with Crippen molar-refractivity contribution >= 4 is 53.1 Å². The molecular weight excluding hydrogens is 316 g/mol. The molecule has 0 unspecified atom stereocenters. The molecule has 0 radical (unpaired) electrons. The maximum absolute atomic E-state index is 11.5. The smallest absolute Gasteiger partial charge is 0.350 e. The van der Waals surface area contributed by atoms with Crippen LogP contribution in [0, 0.1) is 0 Å².